The first-order chi connectivity index (χ1) is 2.64. The first-order valence-electron chi connectivity index (χ1n) is 1.55. The average Bonchev–Trinajstić information content (AvgIpc) is 1.36. The summed E-state index contributed by atoms with van der Waals surface area (Å²) in [5.74, 6) is -1.19. The third-order valence-electron chi connectivity index (χ3n) is 0.357. The summed E-state index contributed by atoms with van der Waals surface area (Å²) >= 11 is 0. The van der Waals surface area contributed by atoms with Gasteiger partial charge >= 0.3 is 5.97 Å². The van der Waals surface area contributed by atoms with E-state index in [9.17, 15) is 4.79 Å². The molecular formula is C3H6O3Th. The minimum Gasteiger partial charge on any atom is -0.479 e. The van der Waals surface area contributed by atoms with Crippen LogP contribution in [-0.2, 0) is 4.79 Å². The number of hydrogen-bond acceptors (Lipinski definition) is 2. The van der Waals surface area contributed by atoms with E-state index < -0.39 is 12.1 Å². The summed E-state index contributed by atoms with van der Waals surface area (Å²) in [5.41, 5.74) is 0. The third-order valence-corrected chi connectivity index (χ3v) is 0.357. The second-order valence-electron chi connectivity index (χ2n) is 1.01. The quantitative estimate of drug-likeness (QED) is 0.681. The van der Waals surface area contributed by atoms with E-state index in [1.165, 1.54) is 6.92 Å². The van der Waals surface area contributed by atoms with Crippen LogP contribution in [0.5, 0.6) is 0 Å². The molecular weight excluding hydrogens is 316 g/mol. The van der Waals surface area contributed by atoms with Crippen molar-refractivity contribution < 1.29 is 54.9 Å². The fraction of sp³-hybridized carbons (Fsp3) is 0.667. The summed E-state index contributed by atoms with van der Waals surface area (Å²) in [5, 5.41) is 15.8. The van der Waals surface area contributed by atoms with Crippen molar-refractivity contribution in [3.05, 3.63) is 0 Å². The van der Waals surface area contributed by atoms with Crippen molar-refractivity contribution in [3.8, 4) is 0 Å². The van der Waals surface area contributed by atoms with Crippen LogP contribution in [-0.4, -0.2) is 22.3 Å². The smallest absolute Gasteiger partial charge is 0.332 e. The maximum Gasteiger partial charge on any atom is 0.332 e. The van der Waals surface area contributed by atoms with Crippen molar-refractivity contribution in [2.24, 2.45) is 0 Å². The Hall–Kier alpha value is 0.755. The number of hydrogen-bond donors (Lipinski definition) is 2. The van der Waals surface area contributed by atoms with E-state index in [0.717, 1.165) is 0 Å². The maximum atomic E-state index is 9.45. The van der Waals surface area contributed by atoms with E-state index in [-0.39, 0.29) is 39.9 Å². The molecule has 0 rings (SSSR count). The number of aliphatic hydroxyl groups is 1. The predicted octanol–water partition coefficient (Wildman–Crippen LogP) is -0.548. The summed E-state index contributed by atoms with van der Waals surface area (Å²) in [6, 6.07) is 0. The van der Waals surface area contributed by atoms with E-state index in [1.54, 1.807) is 0 Å². The van der Waals surface area contributed by atoms with Crippen LogP contribution in [0.3, 0.4) is 0 Å². The molecule has 0 heterocycles. The van der Waals surface area contributed by atoms with E-state index in [2.05, 4.69) is 0 Å². The van der Waals surface area contributed by atoms with Crippen molar-refractivity contribution in [2.45, 2.75) is 13.0 Å². The summed E-state index contributed by atoms with van der Waals surface area (Å²) in [7, 11) is 0. The molecule has 2 N–H and O–H groups in total. The molecule has 7 heavy (non-hydrogen) atoms. The van der Waals surface area contributed by atoms with Crippen LogP contribution >= 0.6 is 0 Å². The van der Waals surface area contributed by atoms with Gasteiger partial charge in [0, 0.05) is 39.9 Å². The van der Waals surface area contributed by atoms with Gasteiger partial charge in [0.15, 0.2) is 0 Å². The normalized spacial score (nSPS) is 11.7. The number of aliphatic hydroxyl groups excluding tert-OH is 1. The first-order valence-corrected chi connectivity index (χ1v) is 1.55. The molecule has 0 aromatic rings. The van der Waals surface area contributed by atoms with Gasteiger partial charge in [-0.25, -0.2) is 4.79 Å². The molecule has 0 amide bonds. The van der Waals surface area contributed by atoms with Gasteiger partial charge in [0.1, 0.15) is 6.10 Å². The Morgan fingerprint density at radius 3 is 1.86 bits per heavy atom. The molecule has 1 unspecified atom stereocenters. The van der Waals surface area contributed by atoms with E-state index in [0.29, 0.717) is 0 Å². The van der Waals surface area contributed by atoms with Gasteiger partial charge in [0.25, 0.3) is 0 Å². The molecule has 0 saturated heterocycles. The molecule has 3 nitrogen and oxygen atoms in total. The molecule has 0 aromatic heterocycles. The second-order valence-corrected chi connectivity index (χ2v) is 1.01. The zero-order valence-electron chi connectivity index (χ0n) is 3.88. The van der Waals surface area contributed by atoms with Gasteiger partial charge in [-0.05, 0) is 6.92 Å². The Bertz CT molecular complexity index is 61.2. The topological polar surface area (TPSA) is 57.5 Å². The van der Waals surface area contributed by atoms with Gasteiger partial charge in [-0.15, -0.1) is 0 Å². The van der Waals surface area contributed by atoms with Crippen molar-refractivity contribution in [1.82, 2.24) is 0 Å². The van der Waals surface area contributed by atoms with Crippen molar-refractivity contribution in [1.29, 1.82) is 0 Å². The molecule has 40 valence electrons. The van der Waals surface area contributed by atoms with Crippen LogP contribution in [0, 0.1) is 39.9 Å². The Morgan fingerprint density at radius 1 is 1.71 bits per heavy atom. The van der Waals surface area contributed by atoms with E-state index in [1.807, 2.05) is 0 Å². The summed E-state index contributed by atoms with van der Waals surface area (Å²) < 4.78 is 0. The SMILES string of the molecule is CC(O)C(=O)O.[Th]. The molecule has 0 saturated carbocycles. The zero-order valence-corrected chi connectivity index (χ0v) is 7.99. The van der Waals surface area contributed by atoms with Gasteiger partial charge in [0.2, 0.25) is 0 Å². The molecule has 0 spiro atoms. The maximum absolute atomic E-state index is 9.45. The monoisotopic (exact) mass is 322 g/mol. The standard InChI is InChI=1S/C3H6O3.Th/c1-2(4)3(5)6;/h2,4H,1H3,(H,5,6);. The van der Waals surface area contributed by atoms with Crippen LogP contribution < -0.4 is 0 Å². The van der Waals surface area contributed by atoms with Crippen molar-refractivity contribution >= 4 is 5.97 Å². The molecule has 0 aliphatic heterocycles. The largest absolute Gasteiger partial charge is 0.479 e. The molecule has 0 aliphatic rings. The molecule has 0 aliphatic carbocycles. The predicted molar refractivity (Wildman–Crippen MR) is 19.3 cm³/mol. The van der Waals surface area contributed by atoms with Crippen molar-refractivity contribution in [3.63, 3.8) is 0 Å². The van der Waals surface area contributed by atoms with Gasteiger partial charge in [-0.3, -0.25) is 0 Å². The summed E-state index contributed by atoms with van der Waals surface area (Å²) in [6.07, 6.45) is -1.23. The molecule has 0 radical (unpaired) electrons. The van der Waals surface area contributed by atoms with Crippen LogP contribution in [0.25, 0.3) is 0 Å². The minimum atomic E-state index is -1.23. The number of aliphatic carboxylic acids is 1. The average molecular weight is 322 g/mol. The van der Waals surface area contributed by atoms with Crippen LogP contribution in [0.1, 0.15) is 6.92 Å². The fourth-order valence-electron chi connectivity index (χ4n) is 0. The van der Waals surface area contributed by atoms with Crippen LogP contribution in [0.2, 0.25) is 0 Å². The van der Waals surface area contributed by atoms with Gasteiger partial charge in [-0.1, -0.05) is 0 Å². The molecule has 0 aromatic carbocycles. The van der Waals surface area contributed by atoms with Crippen LogP contribution in [0.4, 0.5) is 0 Å². The number of rotatable bonds is 1. The second kappa shape index (κ2) is 4.90. The van der Waals surface area contributed by atoms with Crippen LogP contribution in [0.15, 0.2) is 0 Å². The first kappa shape index (κ1) is 10.7. The van der Waals surface area contributed by atoms with Gasteiger partial charge in [-0.2, -0.15) is 0 Å². The molecule has 1 atom stereocenters. The Morgan fingerprint density at radius 2 is 1.86 bits per heavy atom. The number of carbonyl (C=O) groups is 1. The Balaban J connectivity index is 0. The Kier molecular flexibility index (Phi) is 7.48. The zero-order chi connectivity index (χ0) is 5.15. The fourth-order valence-corrected chi connectivity index (χ4v) is 0. The van der Waals surface area contributed by atoms with Crippen molar-refractivity contribution in [2.75, 3.05) is 0 Å². The minimum absolute atomic E-state index is 0. The Labute approximate surface area is 73.4 Å². The van der Waals surface area contributed by atoms with Gasteiger partial charge < -0.3 is 10.2 Å². The number of carboxylic acids is 1. The van der Waals surface area contributed by atoms with Gasteiger partial charge in [0.05, 0.1) is 0 Å². The van der Waals surface area contributed by atoms with E-state index >= 15 is 0 Å². The summed E-state index contributed by atoms with van der Waals surface area (Å²) in [4.78, 5) is 9.45. The number of carboxylic acid groups (broad SMARTS) is 1. The van der Waals surface area contributed by atoms with E-state index in [4.69, 9.17) is 10.2 Å². The molecule has 0 fully saturated rings. The molecule has 0 bridgehead atoms. The molecule has 4 heteroatoms. The third kappa shape index (κ3) is 6.75. The summed E-state index contributed by atoms with van der Waals surface area (Å²) in [6.45, 7) is 1.20.